The van der Waals surface area contributed by atoms with Crippen LogP contribution in [0.2, 0.25) is 5.02 Å². The molecule has 0 N–H and O–H groups in total. The molecule has 2 heterocycles. The van der Waals surface area contributed by atoms with E-state index in [2.05, 4.69) is 15.0 Å². The Hall–Kier alpha value is -3.23. The Kier molecular flexibility index (Phi) is 7.92. The van der Waals surface area contributed by atoms with Gasteiger partial charge >= 0.3 is 0 Å². The molecule has 1 aliphatic heterocycles. The van der Waals surface area contributed by atoms with Crippen LogP contribution in [-0.2, 0) is 24.3 Å². The molecule has 0 atom stereocenters. The van der Waals surface area contributed by atoms with Crippen molar-refractivity contribution in [2.45, 2.75) is 25.9 Å². The highest BCUT2D eigenvalue weighted by Gasteiger charge is 2.24. The van der Waals surface area contributed by atoms with Gasteiger partial charge in [-0.3, -0.25) is 14.5 Å². The van der Waals surface area contributed by atoms with Gasteiger partial charge in [-0.25, -0.2) is 0 Å². The van der Waals surface area contributed by atoms with E-state index in [1.807, 2.05) is 47.4 Å². The molecule has 0 unspecified atom stereocenters. The topological polar surface area (TPSA) is 82.8 Å². The molecule has 1 fully saturated rings. The van der Waals surface area contributed by atoms with E-state index in [1.165, 1.54) is 0 Å². The normalized spacial score (nSPS) is 14.2. The Bertz CT molecular complexity index is 1110. The summed E-state index contributed by atoms with van der Waals surface area (Å²) in [5, 5.41) is 4.53. The molecule has 0 spiro atoms. The Morgan fingerprint density at radius 3 is 2.47 bits per heavy atom. The molecule has 1 aromatic heterocycles. The SMILES string of the molecule is CN(Cc1ccccc1)C(=O)CCc1nc(CN2CCN(C(=O)c3ccccc3Cl)CC2)no1. The Morgan fingerprint density at radius 2 is 1.74 bits per heavy atom. The van der Waals surface area contributed by atoms with E-state index < -0.39 is 0 Å². The van der Waals surface area contributed by atoms with Crippen LogP contribution in [0.3, 0.4) is 0 Å². The Balaban J connectivity index is 1.21. The van der Waals surface area contributed by atoms with Gasteiger partial charge in [0.1, 0.15) is 0 Å². The first-order valence-corrected chi connectivity index (χ1v) is 11.7. The van der Waals surface area contributed by atoms with Crippen LogP contribution in [-0.4, -0.2) is 69.9 Å². The van der Waals surface area contributed by atoms with Crippen LogP contribution in [0.25, 0.3) is 0 Å². The van der Waals surface area contributed by atoms with Crippen LogP contribution in [0, 0.1) is 0 Å². The monoisotopic (exact) mass is 481 g/mol. The molecule has 2 amide bonds. The molecular weight excluding hydrogens is 454 g/mol. The molecule has 4 rings (SSSR count). The van der Waals surface area contributed by atoms with Gasteiger partial charge in [-0.2, -0.15) is 4.98 Å². The number of piperazine rings is 1. The van der Waals surface area contributed by atoms with Gasteiger partial charge in [-0.1, -0.05) is 59.2 Å². The molecule has 0 aliphatic carbocycles. The van der Waals surface area contributed by atoms with Crippen LogP contribution in [0.5, 0.6) is 0 Å². The summed E-state index contributed by atoms with van der Waals surface area (Å²) >= 11 is 6.17. The van der Waals surface area contributed by atoms with E-state index in [-0.39, 0.29) is 11.8 Å². The number of carbonyl (C=O) groups is 2. The van der Waals surface area contributed by atoms with Crippen molar-refractivity contribution in [2.24, 2.45) is 0 Å². The number of aromatic nitrogens is 2. The molecule has 3 aromatic rings. The van der Waals surface area contributed by atoms with Crippen molar-refractivity contribution in [3.63, 3.8) is 0 Å². The number of halogens is 1. The largest absolute Gasteiger partial charge is 0.341 e. The number of amides is 2. The highest BCUT2D eigenvalue weighted by Crippen LogP contribution is 2.18. The van der Waals surface area contributed by atoms with Crippen LogP contribution < -0.4 is 0 Å². The maximum absolute atomic E-state index is 12.7. The summed E-state index contributed by atoms with van der Waals surface area (Å²) in [6.45, 7) is 3.75. The number of hydrogen-bond acceptors (Lipinski definition) is 6. The molecule has 2 aromatic carbocycles. The average Bonchev–Trinajstić information content (AvgIpc) is 3.30. The first kappa shape index (κ1) is 23.9. The molecular formula is C25H28ClN5O3. The number of nitrogens with zero attached hydrogens (tertiary/aromatic N) is 5. The van der Waals surface area contributed by atoms with Gasteiger partial charge < -0.3 is 14.3 Å². The summed E-state index contributed by atoms with van der Waals surface area (Å²) in [5.74, 6) is 1.03. The van der Waals surface area contributed by atoms with Crippen molar-refractivity contribution in [1.29, 1.82) is 0 Å². The fraction of sp³-hybridized carbons (Fsp3) is 0.360. The summed E-state index contributed by atoms with van der Waals surface area (Å²) in [4.78, 5) is 35.3. The maximum Gasteiger partial charge on any atom is 0.255 e. The molecule has 1 aliphatic rings. The van der Waals surface area contributed by atoms with Gasteiger partial charge in [0.15, 0.2) is 5.82 Å². The Morgan fingerprint density at radius 1 is 1.03 bits per heavy atom. The Labute approximate surface area is 204 Å². The first-order chi connectivity index (χ1) is 16.5. The number of carbonyl (C=O) groups excluding carboxylic acids is 2. The third-order valence-corrected chi connectivity index (χ3v) is 6.21. The number of rotatable bonds is 8. The van der Waals surface area contributed by atoms with E-state index in [4.69, 9.17) is 16.1 Å². The fourth-order valence-electron chi connectivity index (χ4n) is 3.92. The third kappa shape index (κ3) is 6.21. The lowest BCUT2D eigenvalue weighted by Crippen LogP contribution is -2.48. The first-order valence-electron chi connectivity index (χ1n) is 11.3. The van der Waals surface area contributed by atoms with Crippen LogP contribution in [0.15, 0.2) is 59.1 Å². The van der Waals surface area contributed by atoms with Gasteiger partial charge in [0, 0.05) is 52.6 Å². The predicted molar refractivity (Wildman–Crippen MR) is 128 cm³/mol. The molecule has 0 radical (unpaired) electrons. The second kappa shape index (κ2) is 11.3. The lowest BCUT2D eigenvalue weighted by atomic mass is 10.2. The number of benzene rings is 2. The summed E-state index contributed by atoms with van der Waals surface area (Å²) in [6, 6.07) is 17.0. The van der Waals surface area contributed by atoms with Crippen molar-refractivity contribution in [2.75, 3.05) is 33.2 Å². The van der Waals surface area contributed by atoms with Crippen molar-refractivity contribution in [3.8, 4) is 0 Å². The van der Waals surface area contributed by atoms with Gasteiger partial charge in [-0.05, 0) is 17.7 Å². The van der Waals surface area contributed by atoms with Gasteiger partial charge in [0.2, 0.25) is 11.8 Å². The minimum absolute atomic E-state index is 0.0305. The van der Waals surface area contributed by atoms with E-state index in [0.29, 0.717) is 74.4 Å². The quantitative estimate of drug-likeness (QED) is 0.491. The molecule has 34 heavy (non-hydrogen) atoms. The molecule has 0 bridgehead atoms. The summed E-state index contributed by atoms with van der Waals surface area (Å²) in [6.07, 6.45) is 0.721. The van der Waals surface area contributed by atoms with E-state index in [9.17, 15) is 9.59 Å². The lowest BCUT2D eigenvalue weighted by molar-refractivity contribution is -0.130. The minimum Gasteiger partial charge on any atom is -0.341 e. The zero-order valence-electron chi connectivity index (χ0n) is 19.2. The molecule has 0 saturated carbocycles. The zero-order chi connectivity index (χ0) is 23.9. The van der Waals surface area contributed by atoms with E-state index in [1.54, 1.807) is 24.1 Å². The summed E-state index contributed by atoms with van der Waals surface area (Å²) in [5.41, 5.74) is 1.62. The molecule has 1 saturated heterocycles. The smallest absolute Gasteiger partial charge is 0.255 e. The van der Waals surface area contributed by atoms with E-state index >= 15 is 0 Å². The second-order valence-electron chi connectivity index (χ2n) is 8.39. The van der Waals surface area contributed by atoms with Gasteiger partial charge in [0.05, 0.1) is 17.1 Å². The fourth-order valence-corrected chi connectivity index (χ4v) is 4.14. The summed E-state index contributed by atoms with van der Waals surface area (Å²) < 4.78 is 5.35. The lowest BCUT2D eigenvalue weighted by Gasteiger charge is -2.34. The average molecular weight is 482 g/mol. The minimum atomic E-state index is -0.0472. The second-order valence-corrected chi connectivity index (χ2v) is 8.80. The highest BCUT2D eigenvalue weighted by atomic mass is 35.5. The highest BCUT2D eigenvalue weighted by molar-refractivity contribution is 6.33. The molecule has 8 nitrogen and oxygen atoms in total. The molecule has 178 valence electrons. The van der Waals surface area contributed by atoms with Crippen molar-refractivity contribution >= 4 is 23.4 Å². The van der Waals surface area contributed by atoms with Crippen molar-refractivity contribution in [1.82, 2.24) is 24.8 Å². The third-order valence-electron chi connectivity index (χ3n) is 5.88. The summed E-state index contributed by atoms with van der Waals surface area (Å²) in [7, 11) is 1.80. The van der Waals surface area contributed by atoms with Crippen LogP contribution >= 0.6 is 11.6 Å². The van der Waals surface area contributed by atoms with Crippen molar-refractivity contribution in [3.05, 3.63) is 82.5 Å². The van der Waals surface area contributed by atoms with Crippen LogP contribution in [0.4, 0.5) is 0 Å². The number of aryl methyl sites for hydroxylation is 1. The zero-order valence-corrected chi connectivity index (χ0v) is 19.9. The number of hydrogen-bond donors (Lipinski definition) is 0. The molecule has 9 heteroatoms. The van der Waals surface area contributed by atoms with E-state index in [0.717, 1.165) is 5.56 Å². The van der Waals surface area contributed by atoms with Crippen molar-refractivity contribution < 1.29 is 14.1 Å². The van der Waals surface area contributed by atoms with Gasteiger partial charge in [0.25, 0.3) is 5.91 Å². The van der Waals surface area contributed by atoms with Crippen LogP contribution in [0.1, 0.15) is 34.1 Å². The van der Waals surface area contributed by atoms with Gasteiger partial charge in [-0.15, -0.1) is 0 Å². The standard InChI is InChI=1S/C25H28ClN5O3/c1-29(17-19-7-3-2-4-8-19)24(32)12-11-23-27-22(28-34-23)18-30-13-15-31(16-14-30)25(33)20-9-5-6-10-21(20)26/h2-10H,11-18H2,1H3. The maximum atomic E-state index is 12.7. The predicted octanol–water partition coefficient (Wildman–Crippen LogP) is 3.27.